The average Bonchev–Trinajstić information content (AvgIpc) is 3.14. The fraction of sp³-hybridized carbons (Fsp3) is 0.222. The zero-order valence-electron chi connectivity index (χ0n) is 13.3. The lowest BCUT2D eigenvalue weighted by molar-refractivity contribution is 0.405. The Kier molecular flexibility index (Phi) is 3.67. The van der Waals surface area contributed by atoms with Crippen molar-refractivity contribution >= 4 is 0 Å². The number of aryl methyl sites for hydroxylation is 2. The predicted molar refractivity (Wildman–Crippen MR) is 88.4 cm³/mol. The molecule has 0 aliphatic rings. The van der Waals surface area contributed by atoms with Crippen molar-refractivity contribution in [2.45, 2.75) is 0 Å². The molecular weight excluding hydrogens is 276 g/mol. The highest BCUT2D eigenvalue weighted by molar-refractivity contribution is 5.79. The molecule has 0 radical (unpaired) electrons. The zero-order chi connectivity index (χ0) is 15.7. The number of hydrogen-bond acceptors (Lipinski definition) is 2. The normalized spacial score (nSPS) is 10.7. The van der Waals surface area contributed by atoms with Gasteiger partial charge in [-0.1, -0.05) is 0 Å². The summed E-state index contributed by atoms with van der Waals surface area (Å²) in [4.78, 5) is 0. The number of hydrogen-bond donors (Lipinski definition) is 0. The number of ether oxygens (including phenoxy) is 2. The number of methoxy groups -OCH3 is 2. The van der Waals surface area contributed by atoms with Crippen molar-refractivity contribution in [3.8, 4) is 34.0 Å². The molecule has 114 valence electrons. The maximum Gasteiger partial charge on any atom is 0.129 e. The largest absolute Gasteiger partial charge is 0.496 e. The topological polar surface area (TPSA) is 28.3 Å². The van der Waals surface area contributed by atoms with E-state index < -0.39 is 0 Å². The lowest BCUT2D eigenvalue weighted by atomic mass is 10.0. The monoisotopic (exact) mass is 296 g/mol. The molecule has 0 amide bonds. The molecule has 4 nitrogen and oxygen atoms in total. The Morgan fingerprint density at radius 3 is 1.41 bits per heavy atom. The van der Waals surface area contributed by atoms with Crippen LogP contribution in [0, 0.1) is 0 Å². The summed E-state index contributed by atoms with van der Waals surface area (Å²) in [6, 6.07) is 12.3. The van der Waals surface area contributed by atoms with Crippen LogP contribution in [0.4, 0.5) is 0 Å². The molecule has 0 saturated carbocycles. The van der Waals surface area contributed by atoms with Crippen LogP contribution in [0.2, 0.25) is 0 Å². The molecule has 2 heterocycles. The molecule has 0 unspecified atom stereocenters. The van der Waals surface area contributed by atoms with Crippen molar-refractivity contribution in [2.75, 3.05) is 14.2 Å². The molecule has 0 atom stereocenters. The molecule has 22 heavy (non-hydrogen) atoms. The molecule has 2 aromatic heterocycles. The summed E-state index contributed by atoms with van der Waals surface area (Å²) in [5.74, 6) is 1.66. The third-order valence-electron chi connectivity index (χ3n) is 3.96. The van der Waals surface area contributed by atoms with Crippen molar-refractivity contribution < 1.29 is 9.47 Å². The van der Waals surface area contributed by atoms with E-state index in [1.54, 1.807) is 14.2 Å². The molecule has 1 aromatic carbocycles. The van der Waals surface area contributed by atoms with E-state index in [4.69, 9.17) is 9.47 Å². The van der Waals surface area contributed by atoms with Crippen LogP contribution in [0.15, 0.2) is 48.8 Å². The molecule has 3 aromatic rings. The number of benzene rings is 1. The maximum absolute atomic E-state index is 5.62. The van der Waals surface area contributed by atoms with Crippen molar-refractivity contribution in [2.24, 2.45) is 14.1 Å². The Labute approximate surface area is 130 Å². The standard InChI is InChI=1S/C18H20N2O2/c1-19-9-5-7-15(19)13-11-18(22-4)14(12-17(13)21-3)16-8-6-10-20(16)2/h5-12H,1-4H3. The van der Waals surface area contributed by atoms with E-state index >= 15 is 0 Å². The van der Waals surface area contributed by atoms with Gasteiger partial charge in [-0.25, -0.2) is 0 Å². The van der Waals surface area contributed by atoms with Crippen molar-refractivity contribution in [1.82, 2.24) is 9.13 Å². The summed E-state index contributed by atoms with van der Waals surface area (Å²) in [6.45, 7) is 0. The Balaban J connectivity index is 2.23. The van der Waals surface area contributed by atoms with Gasteiger partial charge in [0, 0.05) is 37.6 Å². The van der Waals surface area contributed by atoms with Gasteiger partial charge in [0.1, 0.15) is 11.5 Å². The van der Waals surface area contributed by atoms with Gasteiger partial charge in [0.25, 0.3) is 0 Å². The van der Waals surface area contributed by atoms with Gasteiger partial charge in [-0.15, -0.1) is 0 Å². The van der Waals surface area contributed by atoms with Crippen LogP contribution in [-0.4, -0.2) is 23.4 Å². The molecule has 0 spiro atoms. The third-order valence-corrected chi connectivity index (χ3v) is 3.96. The Morgan fingerprint density at radius 1 is 0.727 bits per heavy atom. The minimum Gasteiger partial charge on any atom is -0.496 e. The molecule has 0 aliphatic heterocycles. The third kappa shape index (κ3) is 2.26. The Morgan fingerprint density at radius 2 is 1.14 bits per heavy atom. The lowest BCUT2D eigenvalue weighted by Crippen LogP contribution is -1.98. The minimum atomic E-state index is 0.832. The van der Waals surface area contributed by atoms with E-state index in [0.717, 1.165) is 34.0 Å². The number of rotatable bonds is 4. The summed E-state index contributed by atoms with van der Waals surface area (Å²) in [5, 5.41) is 0. The first-order chi connectivity index (χ1) is 10.7. The molecule has 0 aliphatic carbocycles. The number of nitrogens with zero attached hydrogens (tertiary/aromatic N) is 2. The average molecular weight is 296 g/mol. The first-order valence-corrected chi connectivity index (χ1v) is 7.15. The molecule has 0 bridgehead atoms. The van der Waals surface area contributed by atoms with E-state index in [1.165, 1.54) is 0 Å². The maximum atomic E-state index is 5.62. The van der Waals surface area contributed by atoms with Crippen molar-refractivity contribution in [1.29, 1.82) is 0 Å². The highest BCUT2D eigenvalue weighted by atomic mass is 16.5. The summed E-state index contributed by atoms with van der Waals surface area (Å²) < 4.78 is 15.4. The zero-order valence-corrected chi connectivity index (χ0v) is 13.3. The van der Waals surface area contributed by atoms with E-state index in [2.05, 4.69) is 21.3 Å². The van der Waals surface area contributed by atoms with Gasteiger partial charge < -0.3 is 18.6 Å². The van der Waals surface area contributed by atoms with Gasteiger partial charge >= 0.3 is 0 Å². The first kappa shape index (κ1) is 14.3. The second-order valence-electron chi connectivity index (χ2n) is 5.26. The lowest BCUT2D eigenvalue weighted by Gasteiger charge is -2.16. The van der Waals surface area contributed by atoms with Crippen LogP contribution >= 0.6 is 0 Å². The molecule has 0 N–H and O–H groups in total. The number of aromatic nitrogens is 2. The van der Waals surface area contributed by atoms with Gasteiger partial charge in [0.05, 0.1) is 25.6 Å². The molecule has 4 heteroatoms. The Bertz CT molecular complexity index is 731. The fourth-order valence-electron chi connectivity index (χ4n) is 2.78. The quantitative estimate of drug-likeness (QED) is 0.734. The summed E-state index contributed by atoms with van der Waals surface area (Å²) >= 11 is 0. The van der Waals surface area contributed by atoms with Crippen LogP contribution in [0.5, 0.6) is 11.5 Å². The van der Waals surface area contributed by atoms with Gasteiger partial charge in [0.15, 0.2) is 0 Å². The van der Waals surface area contributed by atoms with Crippen molar-refractivity contribution in [3.05, 3.63) is 48.8 Å². The van der Waals surface area contributed by atoms with E-state index in [0.29, 0.717) is 0 Å². The van der Waals surface area contributed by atoms with E-state index in [-0.39, 0.29) is 0 Å². The second kappa shape index (κ2) is 5.64. The SMILES string of the molecule is COc1cc(-c2cccn2C)c(OC)cc1-c1cccn1C. The van der Waals surface area contributed by atoms with Crippen LogP contribution in [0.3, 0.4) is 0 Å². The highest BCUT2D eigenvalue weighted by Gasteiger charge is 2.16. The highest BCUT2D eigenvalue weighted by Crippen LogP contribution is 2.40. The summed E-state index contributed by atoms with van der Waals surface area (Å²) in [6.07, 6.45) is 4.04. The van der Waals surface area contributed by atoms with Crippen LogP contribution in [0.1, 0.15) is 0 Å². The summed E-state index contributed by atoms with van der Waals surface area (Å²) in [5.41, 5.74) is 4.22. The molecule has 0 fully saturated rings. The van der Waals surface area contributed by atoms with Gasteiger partial charge in [0.2, 0.25) is 0 Å². The first-order valence-electron chi connectivity index (χ1n) is 7.15. The van der Waals surface area contributed by atoms with Crippen LogP contribution < -0.4 is 9.47 Å². The van der Waals surface area contributed by atoms with Crippen molar-refractivity contribution in [3.63, 3.8) is 0 Å². The van der Waals surface area contributed by atoms with Gasteiger partial charge in [-0.3, -0.25) is 0 Å². The second-order valence-corrected chi connectivity index (χ2v) is 5.26. The van der Waals surface area contributed by atoms with Gasteiger partial charge in [-0.2, -0.15) is 0 Å². The summed E-state index contributed by atoms with van der Waals surface area (Å²) in [7, 11) is 7.44. The fourth-order valence-corrected chi connectivity index (χ4v) is 2.78. The predicted octanol–water partition coefficient (Wildman–Crippen LogP) is 3.71. The van der Waals surface area contributed by atoms with Gasteiger partial charge in [-0.05, 0) is 36.4 Å². The van der Waals surface area contributed by atoms with E-state index in [1.807, 2.05) is 50.8 Å². The molecular formula is C18H20N2O2. The smallest absolute Gasteiger partial charge is 0.129 e. The molecule has 0 saturated heterocycles. The Hall–Kier alpha value is -2.62. The minimum absolute atomic E-state index is 0.832. The van der Waals surface area contributed by atoms with Crippen LogP contribution in [-0.2, 0) is 14.1 Å². The molecule has 3 rings (SSSR count). The van der Waals surface area contributed by atoms with E-state index in [9.17, 15) is 0 Å². The van der Waals surface area contributed by atoms with Crippen LogP contribution in [0.25, 0.3) is 22.5 Å².